The van der Waals surface area contributed by atoms with Gasteiger partial charge >= 0.3 is 0 Å². The highest BCUT2D eigenvalue weighted by molar-refractivity contribution is 5.43. The quantitative estimate of drug-likeness (QED) is 0.907. The summed E-state index contributed by atoms with van der Waals surface area (Å²) in [6, 6.07) is 5.98. The van der Waals surface area contributed by atoms with Gasteiger partial charge in [0.2, 0.25) is 5.89 Å². The number of nitrogens with two attached hydrogens (primary N) is 1. The number of fused-ring (bicyclic) bond motifs is 2. The van der Waals surface area contributed by atoms with Crippen LogP contribution in [-0.4, -0.2) is 30.4 Å². The lowest BCUT2D eigenvalue weighted by molar-refractivity contribution is 0.278. The molecule has 2 aliphatic carbocycles. The smallest absolute Gasteiger partial charge is 0.231 e. The van der Waals surface area contributed by atoms with Crippen LogP contribution in [0, 0.1) is 11.8 Å². The normalized spacial score (nSPS) is 28.3. The van der Waals surface area contributed by atoms with Crippen molar-refractivity contribution in [3.05, 3.63) is 35.5 Å². The van der Waals surface area contributed by atoms with Gasteiger partial charge in [-0.25, -0.2) is 0 Å². The van der Waals surface area contributed by atoms with E-state index >= 15 is 0 Å². The second kappa shape index (κ2) is 6.09. The summed E-state index contributed by atoms with van der Waals surface area (Å²) in [4.78, 5) is 4.62. The third-order valence-corrected chi connectivity index (χ3v) is 5.56. The van der Waals surface area contributed by atoms with E-state index in [1.807, 2.05) is 18.2 Å². The maximum Gasteiger partial charge on any atom is 0.231 e. The highest BCUT2D eigenvalue weighted by atomic mass is 16.5. The molecule has 2 aliphatic rings. The van der Waals surface area contributed by atoms with E-state index in [1.54, 1.807) is 14.2 Å². The molecule has 2 aromatic rings. The van der Waals surface area contributed by atoms with Crippen molar-refractivity contribution < 1.29 is 14.0 Å². The molecule has 2 saturated carbocycles. The van der Waals surface area contributed by atoms with Crippen molar-refractivity contribution in [3.63, 3.8) is 0 Å². The van der Waals surface area contributed by atoms with E-state index in [0.29, 0.717) is 41.5 Å². The molecule has 1 aromatic carbocycles. The van der Waals surface area contributed by atoms with Gasteiger partial charge < -0.3 is 19.7 Å². The Bertz CT molecular complexity index is 728. The summed E-state index contributed by atoms with van der Waals surface area (Å²) >= 11 is 0. The van der Waals surface area contributed by atoms with Crippen molar-refractivity contribution in [1.29, 1.82) is 0 Å². The molecule has 4 rings (SSSR count). The summed E-state index contributed by atoms with van der Waals surface area (Å²) in [5.74, 6) is 4.28. The van der Waals surface area contributed by atoms with Gasteiger partial charge in [-0.2, -0.15) is 4.98 Å². The Balaban J connectivity index is 1.52. The molecule has 4 atom stereocenters. The fraction of sp³-hybridized carbons (Fsp3) is 0.556. The van der Waals surface area contributed by atoms with E-state index in [9.17, 15) is 0 Å². The van der Waals surface area contributed by atoms with Crippen LogP contribution in [0.5, 0.6) is 11.5 Å². The molecule has 2 bridgehead atoms. The molecule has 24 heavy (non-hydrogen) atoms. The van der Waals surface area contributed by atoms with Gasteiger partial charge in [0.25, 0.3) is 0 Å². The first-order valence-electron chi connectivity index (χ1n) is 8.48. The van der Waals surface area contributed by atoms with Crippen molar-refractivity contribution in [3.8, 4) is 11.5 Å². The van der Waals surface area contributed by atoms with Gasteiger partial charge in [0, 0.05) is 12.5 Å². The Morgan fingerprint density at radius 3 is 2.67 bits per heavy atom. The predicted octanol–water partition coefficient (Wildman–Crippen LogP) is 2.52. The molecule has 1 heterocycles. The third-order valence-electron chi connectivity index (χ3n) is 5.56. The number of benzene rings is 1. The summed E-state index contributed by atoms with van der Waals surface area (Å²) in [7, 11) is 3.26. The van der Waals surface area contributed by atoms with Crippen molar-refractivity contribution in [2.75, 3.05) is 14.2 Å². The van der Waals surface area contributed by atoms with Crippen LogP contribution < -0.4 is 15.2 Å². The van der Waals surface area contributed by atoms with E-state index in [0.717, 1.165) is 5.56 Å². The minimum absolute atomic E-state index is 0.165. The van der Waals surface area contributed by atoms with Gasteiger partial charge in [-0.1, -0.05) is 11.2 Å². The maximum atomic E-state index is 6.37. The zero-order valence-corrected chi connectivity index (χ0v) is 14.1. The number of ether oxygens (including phenoxy) is 2. The first-order valence-corrected chi connectivity index (χ1v) is 8.48. The van der Waals surface area contributed by atoms with E-state index < -0.39 is 0 Å². The third kappa shape index (κ3) is 2.55. The number of rotatable bonds is 5. The van der Waals surface area contributed by atoms with Crippen LogP contribution in [0.25, 0.3) is 0 Å². The molecule has 128 valence electrons. The van der Waals surface area contributed by atoms with Gasteiger partial charge in [-0.3, -0.25) is 0 Å². The van der Waals surface area contributed by atoms with E-state index in [1.165, 1.54) is 19.3 Å². The summed E-state index contributed by atoms with van der Waals surface area (Å²) in [6.45, 7) is 0. The number of aromatic nitrogens is 2. The van der Waals surface area contributed by atoms with E-state index in [-0.39, 0.29) is 12.0 Å². The van der Waals surface area contributed by atoms with Crippen LogP contribution in [0.4, 0.5) is 0 Å². The highest BCUT2D eigenvalue weighted by Crippen LogP contribution is 2.51. The molecule has 0 spiro atoms. The number of nitrogens with zero attached hydrogens (tertiary/aromatic N) is 2. The topological polar surface area (TPSA) is 83.4 Å². The molecule has 4 unspecified atom stereocenters. The molecular formula is C18H23N3O3. The lowest BCUT2D eigenvalue weighted by Crippen LogP contribution is -2.34. The van der Waals surface area contributed by atoms with Crippen molar-refractivity contribution >= 4 is 0 Å². The molecule has 0 radical (unpaired) electrons. The predicted molar refractivity (Wildman–Crippen MR) is 88.2 cm³/mol. The van der Waals surface area contributed by atoms with Gasteiger partial charge in [0.15, 0.2) is 17.3 Å². The Labute approximate surface area is 141 Å². The van der Waals surface area contributed by atoms with Gasteiger partial charge in [-0.15, -0.1) is 0 Å². The fourth-order valence-corrected chi connectivity index (χ4v) is 4.35. The summed E-state index contributed by atoms with van der Waals surface area (Å²) in [6.07, 6.45) is 4.28. The monoisotopic (exact) mass is 329 g/mol. The molecule has 0 aliphatic heterocycles. The van der Waals surface area contributed by atoms with Crippen molar-refractivity contribution in [2.24, 2.45) is 17.6 Å². The Morgan fingerprint density at radius 1 is 1.17 bits per heavy atom. The number of hydrogen-bond donors (Lipinski definition) is 1. The van der Waals surface area contributed by atoms with Crippen molar-refractivity contribution in [2.45, 2.75) is 37.6 Å². The average molecular weight is 329 g/mol. The minimum Gasteiger partial charge on any atom is -0.493 e. The van der Waals surface area contributed by atoms with Crippen LogP contribution in [0.2, 0.25) is 0 Å². The van der Waals surface area contributed by atoms with Gasteiger partial charge in [0.1, 0.15) is 0 Å². The lowest BCUT2D eigenvalue weighted by atomic mass is 9.85. The first-order chi connectivity index (χ1) is 11.7. The molecule has 6 heteroatoms. The number of hydrogen-bond acceptors (Lipinski definition) is 6. The minimum atomic E-state index is 0.165. The van der Waals surface area contributed by atoms with Crippen LogP contribution in [0.1, 0.15) is 42.5 Å². The Kier molecular flexibility index (Phi) is 3.92. The number of methoxy groups -OCH3 is 2. The summed E-state index contributed by atoms with van der Waals surface area (Å²) in [5.41, 5.74) is 7.42. The Hall–Kier alpha value is -2.08. The van der Waals surface area contributed by atoms with Crippen LogP contribution >= 0.6 is 0 Å². The highest BCUT2D eigenvalue weighted by Gasteiger charge is 2.48. The molecule has 2 N–H and O–H groups in total. The SMILES string of the molecule is COc1ccc(Cc2noc(C3C4CCC(C4)C3N)n2)cc1OC. The molecule has 1 aromatic heterocycles. The molecule has 0 saturated heterocycles. The zero-order chi connectivity index (χ0) is 16.7. The Morgan fingerprint density at radius 2 is 1.96 bits per heavy atom. The standard InChI is InChI=1S/C18H23N3O3/c1-22-13-6-3-10(7-14(13)23-2)8-15-20-18(24-21-15)16-11-4-5-12(9-11)17(16)19/h3,6-7,11-12,16-17H,4-5,8-9,19H2,1-2H3. The second-order valence-corrected chi connectivity index (χ2v) is 6.85. The molecule has 2 fully saturated rings. The molecular weight excluding hydrogens is 306 g/mol. The zero-order valence-electron chi connectivity index (χ0n) is 14.1. The largest absolute Gasteiger partial charge is 0.493 e. The van der Waals surface area contributed by atoms with Crippen LogP contribution in [0.3, 0.4) is 0 Å². The van der Waals surface area contributed by atoms with E-state index in [4.69, 9.17) is 19.7 Å². The molecule has 6 nitrogen and oxygen atoms in total. The molecule has 0 amide bonds. The average Bonchev–Trinajstić information content (AvgIpc) is 3.31. The van der Waals surface area contributed by atoms with Gasteiger partial charge in [-0.05, 0) is 48.8 Å². The lowest BCUT2D eigenvalue weighted by Gasteiger charge is -2.24. The van der Waals surface area contributed by atoms with Crippen molar-refractivity contribution in [1.82, 2.24) is 10.1 Å². The first kappa shape index (κ1) is 15.4. The van der Waals surface area contributed by atoms with Crippen LogP contribution in [-0.2, 0) is 6.42 Å². The van der Waals surface area contributed by atoms with Crippen LogP contribution in [0.15, 0.2) is 22.7 Å². The summed E-state index contributed by atoms with van der Waals surface area (Å²) < 4.78 is 16.2. The van der Waals surface area contributed by atoms with E-state index in [2.05, 4.69) is 10.1 Å². The van der Waals surface area contributed by atoms with Gasteiger partial charge in [0.05, 0.1) is 20.1 Å². The fourth-order valence-electron chi connectivity index (χ4n) is 4.35. The summed E-state index contributed by atoms with van der Waals surface area (Å²) in [5, 5.41) is 4.16. The maximum absolute atomic E-state index is 6.37. The second-order valence-electron chi connectivity index (χ2n) is 6.85.